The number of ether oxygens (including phenoxy) is 1. The number of carbonyl (C=O) groups is 1. The highest BCUT2D eigenvalue weighted by atomic mass is 16.7. The van der Waals surface area contributed by atoms with Crippen LogP contribution in [-0.2, 0) is 4.84 Å². The van der Waals surface area contributed by atoms with Crippen LogP contribution in [0.4, 0.5) is 10.5 Å². The van der Waals surface area contributed by atoms with Gasteiger partial charge in [-0.15, -0.1) is 0 Å². The summed E-state index contributed by atoms with van der Waals surface area (Å²) in [5, 5.41) is 1.03. The maximum Gasteiger partial charge on any atom is 0.439 e. The molecule has 0 unspecified atom stereocenters. The average molecular weight is 238 g/mol. The molecule has 0 saturated heterocycles. The van der Waals surface area contributed by atoms with Crippen LogP contribution in [0.15, 0.2) is 18.2 Å². The standard InChI is InChI=1S/C12H18N2O3/c1-9-6-7-10(13(2)3)8-11(9)17-12(15)14(4)16-5/h6-8H,1-5H3. The summed E-state index contributed by atoms with van der Waals surface area (Å²) in [6, 6.07) is 5.69. The van der Waals surface area contributed by atoms with E-state index < -0.39 is 6.09 Å². The van der Waals surface area contributed by atoms with Crippen LogP contribution in [0, 0.1) is 6.92 Å². The van der Waals surface area contributed by atoms with Gasteiger partial charge in [0.25, 0.3) is 0 Å². The van der Waals surface area contributed by atoms with E-state index in [1.807, 2.05) is 44.1 Å². The Labute approximate surface area is 101 Å². The van der Waals surface area contributed by atoms with Crippen molar-refractivity contribution in [2.24, 2.45) is 0 Å². The highest BCUT2D eigenvalue weighted by Gasteiger charge is 2.12. The summed E-state index contributed by atoms with van der Waals surface area (Å²) in [4.78, 5) is 18.2. The normalized spacial score (nSPS) is 9.94. The van der Waals surface area contributed by atoms with Gasteiger partial charge in [-0.05, 0) is 18.6 Å². The molecule has 0 aliphatic heterocycles. The average Bonchev–Trinajstić information content (AvgIpc) is 2.30. The second-order valence-corrected chi connectivity index (χ2v) is 3.89. The summed E-state index contributed by atoms with van der Waals surface area (Å²) in [7, 11) is 6.76. The Bertz CT molecular complexity index is 405. The quantitative estimate of drug-likeness (QED) is 0.756. The van der Waals surface area contributed by atoms with E-state index >= 15 is 0 Å². The Kier molecular flexibility index (Phi) is 4.34. The number of aryl methyl sites for hydroxylation is 1. The van der Waals surface area contributed by atoms with Gasteiger partial charge in [0.2, 0.25) is 0 Å². The summed E-state index contributed by atoms with van der Waals surface area (Å²) >= 11 is 0. The lowest BCUT2D eigenvalue weighted by Gasteiger charge is -2.17. The molecule has 0 heterocycles. The lowest BCUT2D eigenvalue weighted by molar-refractivity contribution is -0.0791. The van der Waals surface area contributed by atoms with E-state index in [-0.39, 0.29) is 0 Å². The van der Waals surface area contributed by atoms with Crippen molar-refractivity contribution in [3.8, 4) is 5.75 Å². The Hall–Kier alpha value is -1.75. The fourth-order valence-electron chi connectivity index (χ4n) is 1.21. The predicted octanol–water partition coefficient (Wildman–Crippen LogP) is 2.05. The zero-order valence-electron chi connectivity index (χ0n) is 10.9. The maximum atomic E-state index is 11.5. The minimum atomic E-state index is -0.550. The second-order valence-electron chi connectivity index (χ2n) is 3.89. The largest absolute Gasteiger partial charge is 0.439 e. The molecule has 5 heteroatoms. The van der Waals surface area contributed by atoms with Gasteiger partial charge in [0, 0.05) is 32.9 Å². The highest BCUT2D eigenvalue weighted by molar-refractivity contribution is 5.70. The van der Waals surface area contributed by atoms with Crippen LogP contribution in [0.3, 0.4) is 0 Å². The Morgan fingerprint density at radius 3 is 2.41 bits per heavy atom. The molecule has 0 aliphatic carbocycles. The predicted molar refractivity (Wildman–Crippen MR) is 66.3 cm³/mol. The van der Waals surface area contributed by atoms with Crippen molar-refractivity contribution >= 4 is 11.8 Å². The Balaban J connectivity index is 2.90. The van der Waals surface area contributed by atoms with E-state index in [1.54, 1.807) is 0 Å². The van der Waals surface area contributed by atoms with Crippen LogP contribution in [0.25, 0.3) is 0 Å². The number of rotatable bonds is 3. The molecule has 5 nitrogen and oxygen atoms in total. The number of hydrogen-bond acceptors (Lipinski definition) is 4. The lowest BCUT2D eigenvalue weighted by Crippen LogP contribution is -2.28. The highest BCUT2D eigenvalue weighted by Crippen LogP contribution is 2.24. The number of amides is 1. The fourth-order valence-corrected chi connectivity index (χ4v) is 1.21. The number of benzene rings is 1. The van der Waals surface area contributed by atoms with Gasteiger partial charge in [0.05, 0.1) is 7.11 Å². The number of hydrogen-bond donors (Lipinski definition) is 0. The molecule has 0 radical (unpaired) electrons. The molecule has 17 heavy (non-hydrogen) atoms. The smallest absolute Gasteiger partial charge is 0.408 e. The molecule has 0 saturated carbocycles. The first-order chi connectivity index (χ1) is 7.95. The number of hydroxylamine groups is 2. The summed E-state index contributed by atoms with van der Waals surface area (Å²) in [5.41, 5.74) is 1.87. The maximum absolute atomic E-state index is 11.5. The van der Waals surface area contributed by atoms with Crippen molar-refractivity contribution < 1.29 is 14.4 Å². The fraction of sp³-hybridized carbons (Fsp3) is 0.417. The SMILES string of the molecule is CON(C)C(=O)Oc1cc(N(C)C)ccc1C. The van der Waals surface area contributed by atoms with Crippen LogP contribution in [0.5, 0.6) is 5.75 Å². The third kappa shape index (κ3) is 3.35. The van der Waals surface area contributed by atoms with Gasteiger partial charge >= 0.3 is 6.09 Å². The first kappa shape index (κ1) is 13.3. The topological polar surface area (TPSA) is 42.0 Å². The van der Waals surface area contributed by atoms with Gasteiger partial charge in [-0.3, -0.25) is 4.84 Å². The molecule has 0 aliphatic rings. The van der Waals surface area contributed by atoms with Crippen molar-refractivity contribution in [3.63, 3.8) is 0 Å². The lowest BCUT2D eigenvalue weighted by atomic mass is 10.2. The van der Waals surface area contributed by atoms with Crippen molar-refractivity contribution in [1.82, 2.24) is 5.06 Å². The molecule has 0 N–H and O–H groups in total. The van der Waals surface area contributed by atoms with Crippen LogP contribution in [0.1, 0.15) is 5.56 Å². The first-order valence-electron chi connectivity index (χ1n) is 5.23. The minimum Gasteiger partial charge on any atom is -0.408 e. The zero-order chi connectivity index (χ0) is 13.0. The molecule has 1 aromatic rings. The molecule has 1 amide bonds. The molecule has 94 valence electrons. The third-order valence-electron chi connectivity index (χ3n) is 2.42. The summed E-state index contributed by atoms with van der Waals surface area (Å²) in [6.07, 6.45) is -0.550. The summed E-state index contributed by atoms with van der Waals surface area (Å²) in [5.74, 6) is 0.533. The number of carbonyl (C=O) groups excluding carboxylic acids is 1. The summed E-state index contributed by atoms with van der Waals surface area (Å²) < 4.78 is 5.22. The van der Waals surface area contributed by atoms with Crippen molar-refractivity contribution in [2.45, 2.75) is 6.92 Å². The molecule has 0 bridgehead atoms. The van der Waals surface area contributed by atoms with E-state index in [1.165, 1.54) is 14.2 Å². The molecule has 0 aromatic heterocycles. The third-order valence-corrected chi connectivity index (χ3v) is 2.42. The molecule has 0 spiro atoms. The van der Waals surface area contributed by atoms with E-state index in [0.29, 0.717) is 5.75 Å². The van der Waals surface area contributed by atoms with Gasteiger partial charge in [0.15, 0.2) is 0 Å². The monoisotopic (exact) mass is 238 g/mol. The Morgan fingerprint density at radius 2 is 1.88 bits per heavy atom. The van der Waals surface area contributed by atoms with Gasteiger partial charge in [-0.2, -0.15) is 5.06 Å². The van der Waals surface area contributed by atoms with Gasteiger partial charge < -0.3 is 9.64 Å². The summed E-state index contributed by atoms with van der Waals surface area (Å²) in [6.45, 7) is 1.88. The van der Waals surface area contributed by atoms with Crippen molar-refractivity contribution in [2.75, 3.05) is 33.2 Å². The molecule has 0 atom stereocenters. The molecule has 1 aromatic carbocycles. The van der Waals surface area contributed by atoms with Crippen LogP contribution in [0.2, 0.25) is 0 Å². The second kappa shape index (κ2) is 5.54. The van der Waals surface area contributed by atoms with Crippen LogP contribution >= 0.6 is 0 Å². The first-order valence-corrected chi connectivity index (χ1v) is 5.23. The van der Waals surface area contributed by atoms with Gasteiger partial charge in [-0.1, -0.05) is 6.07 Å². The van der Waals surface area contributed by atoms with Crippen LogP contribution < -0.4 is 9.64 Å². The number of anilines is 1. The Morgan fingerprint density at radius 1 is 1.24 bits per heavy atom. The van der Waals surface area contributed by atoms with E-state index in [0.717, 1.165) is 16.3 Å². The number of nitrogens with zero attached hydrogens (tertiary/aromatic N) is 2. The minimum absolute atomic E-state index is 0.533. The van der Waals surface area contributed by atoms with Gasteiger partial charge in [-0.25, -0.2) is 4.79 Å². The van der Waals surface area contributed by atoms with Crippen molar-refractivity contribution in [1.29, 1.82) is 0 Å². The van der Waals surface area contributed by atoms with Crippen LogP contribution in [-0.4, -0.2) is 39.4 Å². The molecular weight excluding hydrogens is 220 g/mol. The molecule has 0 fully saturated rings. The van der Waals surface area contributed by atoms with Crippen molar-refractivity contribution in [3.05, 3.63) is 23.8 Å². The zero-order valence-corrected chi connectivity index (χ0v) is 10.9. The molecular formula is C12H18N2O3. The van der Waals surface area contributed by atoms with E-state index in [2.05, 4.69) is 0 Å². The molecule has 1 rings (SSSR count). The van der Waals surface area contributed by atoms with Gasteiger partial charge in [0.1, 0.15) is 5.75 Å². The van der Waals surface area contributed by atoms with E-state index in [4.69, 9.17) is 9.57 Å². The van der Waals surface area contributed by atoms with E-state index in [9.17, 15) is 4.79 Å².